The highest BCUT2D eigenvalue weighted by Gasteiger charge is 2.32. The summed E-state index contributed by atoms with van der Waals surface area (Å²) in [5.74, 6) is -0.943. The second kappa shape index (κ2) is 9.94. The molecule has 1 unspecified atom stereocenters. The summed E-state index contributed by atoms with van der Waals surface area (Å²) in [4.78, 5) is 40.6. The maximum absolute atomic E-state index is 12.8. The molecule has 2 aromatic carbocycles. The minimum atomic E-state index is -3.61. The van der Waals surface area contributed by atoms with E-state index in [2.05, 4.69) is 0 Å². The molecule has 2 aliphatic heterocycles. The third kappa shape index (κ3) is 4.97. The third-order valence-electron chi connectivity index (χ3n) is 6.05. The molecule has 0 radical (unpaired) electrons. The number of hydrogen-bond acceptors (Lipinski definition) is 6. The molecule has 9 nitrogen and oxygen atoms in total. The Kier molecular flexibility index (Phi) is 6.99. The Hall–Kier alpha value is -3.24. The molecule has 4 rings (SSSR count). The van der Waals surface area contributed by atoms with Crippen molar-refractivity contribution in [3.05, 3.63) is 60.2 Å². The Balaban J connectivity index is 1.31. The maximum Gasteiger partial charge on any atom is 0.338 e. The SMILES string of the molecule is CC(OC(=O)c1ccc(N2CCCC2=O)cc1)C(=O)N1CCN(S(=O)(=O)c2ccccc2)CC1. The molecule has 2 amide bonds. The van der Waals surface area contributed by atoms with Gasteiger partial charge in [-0.05, 0) is 49.7 Å². The second-order valence-electron chi connectivity index (χ2n) is 8.29. The van der Waals surface area contributed by atoms with E-state index in [1.165, 1.54) is 16.1 Å². The Morgan fingerprint density at radius 1 is 0.912 bits per heavy atom. The number of carbonyl (C=O) groups is 3. The van der Waals surface area contributed by atoms with E-state index in [-0.39, 0.29) is 48.5 Å². The van der Waals surface area contributed by atoms with Gasteiger partial charge in [-0.1, -0.05) is 18.2 Å². The summed E-state index contributed by atoms with van der Waals surface area (Å²) < 4.78 is 32.2. The summed E-state index contributed by atoms with van der Waals surface area (Å²) in [5, 5.41) is 0. The van der Waals surface area contributed by atoms with Crippen LogP contribution in [0.5, 0.6) is 0 Å². The average Bonchev–Trinajstić information content (AvgIpc) is 3.30. The third-order valence-corrected chi connectivity index (χ3v) is 7.96. The summed E-state index contributed by atoms with van der Waals surface area (Å²) in [6, 6.07) is 14.7. The quantitative estimate of drug-likeness (QED) is 0.579. The van der Waals surface area contributed by atoms with Crippen LogP contribution in [-0.4, -0.2) is 74.2 Å². The Morgan fingerprint density at radius 3 is 2.15 bits per heavy atom. The second-order valence-corrected chi connectivity index (χ2v) is 10.2. The number of esters is 1. The lowest BCUT2D eigenvalue weighted by Gasteiger charge is -2.35. The summed E-state index contributed by atoms with van der Waals surface area (Å²) in [6.07, 6.45) is 0.328. The van der Waals surface area contributed by atoms with Crippen molar-refractivity contribution < 1.29 is 27.5 Å². The van der Waals surface area contributed by atoms with E-state index in [4.69, 9.17) is 4.74 Å². The van der Waals surface area contributed by atoms with Crippen molar-refractivity contribution in [3.8, 4) is 0 Å². The molecule has 0 bridgehead atoms. The predicted molar refractivity (Wildman–Crippen MR) is 125 cm³/mol. The van der Waals surface area contributed by atoms with Gasteiger partial charge in [0.05, 0.1) is 10.5 Å². The maximum atomic E-state index is 12.8. The standard InChI is InChI=1S/C24H27N3O6S/c1-18(33-24(30)19-9-11-20(12-10-19)27-13-5-8-22(27)28)23(29)25-14-16-26(17-15-25)34(31,32)21-6-3-2-4-7-21/h2-4,6-7,9-12,18H,5,8,13-17H2,1H3. The van der Waals surface area contributed by atoms with Crippen LogP contribution in [0.25, 0.3) is 0 Å². The zero-order valence-corrected chi connectivity index (χ0v) is 19.7. The van der Waals surface area contributed by atoms with Crippen molar-refractivity contribution >= 4 is 33.5 Å². The average molecular weight is 486 g/mol. The number of hydrogen-bond donors (Lipinski definition) is 0. The number of nitrogens with zero attached hydrogens (tertiary/aromatic N) is 3. The van der Waals surface area contributed by atoms with Crippen LogP contribution in [0.1, 0.15) is 30.1 Å². The summed E-state index contributed by atoms with van der Waals surface area (Å²) >= 11 is 0. The van der Waals surface area contributed by atoms with Crippen LogP contribution in [0.3, 0.4) is 0 Å². The molecule has 0 aliphatic carbocycles. The first-order valence-corrected chi connectivity index (χ1v) is 12.7. The first-order valence-electron chi connectivity index (χ1n) is 11.2. The predicted octanol–water partition coefficient (Wildman–Crippen LogP) is 1.89. The summed E-state index contributed by atoms with van der Waals surface area (Å²) in [7, 11) is -3.61. The highest BCUT2D eigenvalue weighted by Crippen LogP contribution is 2.22. The van der Waals surface area contributed by atoms with Crippen LogP contribution in [-0.2, 0) is 24.3 Å². The molecule has 0 aromatic heterocycles. The van der Waals surface area contributed by atoms with Gasteiger partial charge in [-0.15, -0.1) is 0 Å². The van der Waals surface area contributed by atoms with E-state index in [0.29, 0.717) is 13.0 Å². The van der Waals surface area contributed by atoms with Gasteiger partial charge in [0.2, 0.25) is 15.9 Å². The molecule has 2 aromatic rings. The van der Waals surface area contributed by atoms with Crippen molar-refractivity contribution in [3.63, 3.8) is 0 Å². The van der Waals surface area contributed by atoms with Gasteiger partial charge in [-0.3, -0.25) is 9.59 Å². The molecule has 2 saturated heterocycles. The van der Waals surface area contributed by atoms with Crippen LogP contribution in [0.15, 0.2) is 59.5 Å². The van der Waals surface area contributed by atoms with Gasteiger partial charge in [0.15, 0.2) is 6.10 Å². The molecule has 2 heterocycles. The van der Waals surface area contributed by atoms with Crippen molar-refractivity contribution in [1.82, 2.24) is 9.21 Å². The van der Waals surface area contributed by atoms with E-state index < -0.39 is 22.1 Å². The van der Waals surface area contributed by atoms with Crippen molar-refractivity contribution in [2.24, 2.45) is 0 Å². The number of piperazine rings is 1. The lowest BCUT2D eigenvalue weighted by atomic mass is 10.2. The molecular formula is C24H27N3O6S. The topological polar surface area (TPSA) is 104 Å². The Bertz CT molecular complexity index is 1160. The smallest absolute Gasteiger partial charge is 0.338 e. The molecule has 2 fully saturated rings. The highest BCUT2D eigenvalue weighted by atomic mass is 32.2. The van der Waals surface area contributed by atoms with E-state index in [1.807, 2.05) is 0 Å². The number of benzene rings is 2. The minimum absolute atomic E-state index is 0.0613. The Labute approximate surface area is 198 Å². The molecule has 0 saturated carbocycles. The molecule has 0 spiro atoms. The van der Waals surface area contributed by atoms with Gasteiger partial charge in [-0.2, -0.15) is 4.31 Å². The number of sulfonamides is 1. The molecule has 0 N–H and O–H groups in total. The first kappa shape index (κ1) is 23.9. The van der Waals surface area contributed by atoms with Crippen LogP contribution in [0.2, 0.25) is 0 Å². The van der Waals surface area contributed by atoms with Gasteiger partial charge in [-0.25, -0.2) is 13.2 Å². The highest BCUT2D eigenvalue weighted by molar-refractivity contribution is 7.89. The Morgan fingerprint density at radius 2 is 1.56 bits per heavy atom. The largest absolute Gasteiger partial charge is 0.449 e. The molecule has 180 valence electrons. The normalized spacial score (nSPS) is 18.1. The van der Waals surface area contributed by atoms with E-state index in [0.717, 1.165) is 12.1 Å². The number of rotatable bonds is 6. The minimum Gasteiger partial charge on any atom is -0.449 e. The van der Waals surface area contributed by atoms with Gasteiger partial charge in [0, 0.05) is 44.8 Å². The lowest BCUT2D eigenvalue weighted by molar-refractivity contribution is -0.141. The van der Waals surface area contributed by atoms with Gasteiger partial charge >= 0.3 is 5.97 Å². The van der Waals surface area contributed by atoms with Crippen molar-refractivity contribution in [2.75, 3.05) is 37.6 Å². The molecule has 34 heavy (non-hydrogen) atoms. The number of anilines is 1. The van der Waals surface area contributed by atoms with Crippen molar-refractivity contribution in [2.45, 2.75) is 30.8 Å². The van der Waals surface area contributed by atoms with Gasteiger partial charge < -0.3 is 14.5 Å². The number of carbonyl (C=O) groups excluding carboxylic acids is 3. The van der Waals surface area contributed by atoms with Gasteiger partial charge in [0.1, 0.15) is 0 Å². The fourth-order valence-electron chi connectivity index (χ4n) is 4.13. The molecule has 2 aliphatic rings. The molecular weight excluding hydrogens is 458 g/mol. The monoisotopic (exact) mass is 485 g/mol. The summed E-state index contributed by atoms with van der Waals surface area (Å²) in [5.41, 5.74) is 1.01. The number of ether oxygens (including phenoxy) is 1. The number of amides is 2. The van der Waals surface area contributed by atoms with Crippen molar-refractivity contribution in [1.29, 1.82) is 0 Å². The van der Waals surface area contributed by atoms with E-state index >= 15 is 0 Å². The van der Waals surface area contributed by atoms with Crippen LogP contribution in [0.4, 0.5) is 5.69 Å². The fourth-order valence-corrected chi connectivity index (χ4v) is 5.57. The molecule has 10 heteroatoms. The van der Waals surface area contributed by atoms with Crippen LogP contribution >= 0.6 is 0 Å². The first-order chi connectivity index (χ1) is 16.3. The van der Waals surface area contributed by atoms with Crippen LogP contribution in [0, 0.1) is 0 Å². The van der Waals surface area contributed by atoms with E-state index in [9.17, 15) is 22.8 Å². The fraction of sp³-hybridized carbons (Fsp3) is 0.375. The van der Waals surface area contributed by atoms with Gasteiger partial charge in [0.25, 0.3) is 5.91 Å². The van der Waals surface area contributed by atoms with E-state index in [1.54, 1.807) is 59.5 Å². The lowest BCUT2D eigenvalue weighted by Crippen LogP contribution is -2.52. The zero-order chi connectivity index (χ0) is 24.3. The zero-order valence-electron chi connectivity index (χ0n) is 18.9. The van der Waals surface area contributed by atoms with Crippen LogP contribution < -0.4 is 4.90 Å². The molecule has 1 atom stereocenters. The summed E-state index contributed by atoms with van der Waals surface area (Å²) in [6.45, 7) is 2.93.